The van der Waals surface area contributed by atoms with Gasteiger partial charge in [0.15, 0.2) is 5.82 Å². The third kappa shape index (κ3) is 3.58. The van der Waals surface area contributed by atoms with E-state index in [2.05, 4.69) is 20.6 Å². The molecule has 0 aliphatic rings. The Hall–Kier alpha value is -2.22. The molecule has 0 unspecified atom stereocenters. The lowest BCUT2D eigenvalue weighted by molar-refractivity contribution is 0.0826. The third-order valence-corrected chi connectivity index (χ3v) is 5.21. The predicted molar refractivity (Wildman–Crippen MR) is 101 cm³/mol. The average Bonchev–Trinajstić information content (AvgIpc) is 2.99. The van der Waals surface area contributed by atoms with Crippen LogP contribution in [0.3, 0.4) is 0 Å². The van der Waals surface area contributed by atoms with Gasteiger partial charge in [0, 0.05) is 11.9 Å². The summed E-state index contributed by atoms with van der Waals surface area (Å²) in [5.41, 5.74) is 0.750. The highest BCUT2D eigenvalue weighted by molar-refractivity contribution is 7.19. The molecule has 0 spiro atoms. The van der Waals surface area contributed by atoms with Crippen LogP contribution in [0.2, 0.25) is 5.28 Å². The summed E-state index contributed by atoms with van der Waals surface area (Å²) < 4.78 is 0.758. The number of nitrogens with one attached hydrogen (secondary N) is 2. The van der Waals surface area contributed by atoms with Crippen LogP contribution < -0.4 is 10.6 Å². The summed E-state index contributed by atoms with van der Waals surface area (Å²) in [5.74, 6) is 0.287. The number of para-hydroxylation sites is 1. The van der Waals surface area contributed by atoms with Crippen LogP contribution in [-0.2, 0) is 5.60 Å². The number of hydrogen-bond acceptors (Lipinski definition) is 6. The van der Waals surface area contributed by atoms with E-state index in [0.29, 0.717) is 22.6 Å². The molecule has 0 fully saturated rings. The number of benzene rings is 1. The van der Waals surface area contributed by atoms with Crippen LogP contribution >= 0.6 is 22.9 Å². The van der Waals surface area contributed by atoms with Gasteiger partial charge in [-0.25, -0.2) is 4.98 Å². The number of fused-ring (bicyclic) bond motifs is 1. The molecule has 0 radical (unpaired) electrons. The highest BCUT2D eigenvalue weighted by Gasteiger charge is 2.22. The molecule has 0 bridgehead atoms. The number of amides is 1. The van der Waals surface area contributed by atoms with Gasteiger partial charge >= 0.3 is 0 Å². The molecule has 3 N–H and O–H groups in total. The van der Waals surface area contributed by atoms with E-state index in [-0.39, 0.29) is 11.2 Å². The van der Waals surface area contributed by atoms with E-state index in [1.165, 1.54) is 11.3 Å². The fraction of sp³-hybridized carbons (Fsp3) is 0.235. The third-order valence-electron chi connectivity index (χ3n) is 3.60. The highest BCUT2D eigenvalue weighted by atomic mass is 35.5. The number of rotatable bonds is 4. The number of halogens is 1. The Kier molecular flexibility index (Phi) is 4.64. The molecule has 3 rings (SSSR count). The van der Waals surface area contributed by atoms with Gasteiger partial charge in [0.05, 0.1) is 27.1 Å². The summed E-state index contributed by atoms with van der Waals surface area (Å²) in [6.07, 6.45) is 0. The molecule has 8 heteroatoms. The topological polar surface area (TPSA) is 87.1 Å². The normalized spacial score (nSPS) is 11.6. The van der Waals surface area contributed by atoms with Crippen LogP contribution in [0.1, 0.15) is 29.1 Å². The second-order valence-corrected chi connectivity index (χ2v) is 7.37. The zero-order chi connectivity index (χ0) is 18.2. The van der Waals surface area contributed by atoms with Gasteiger partial charge in [-0.15, -0.1) is 11.3 Å². The predicted octanol–water partition coefficient (Wildman–Crippen LogP) is 3.68. The molecular formula is C17H17ClN4O2S. The number of anilines is 2. The molecule has 2 heterocycles. The van der Waals surface area contributed by atoms with Crippen LogP contribution in [0.4, 0.5) is 11.5 Å². The van der Waals surface area contributed by atoms with Crippen LogP contribution in [-0.4, -0.2) is 28.0 Å². The highest BCUT2D eigenvalue weighted by Crippen LogP contribution is 2.37. The molecule has 0 aliphatic heterocycles. The minimum absolute atomic E-state index is 0.0903. The fourth-order valence-corrected chi connectivity index (χ4v) is 3.56. The van der Waals surface area contributed by atoms with Crippen molar-refractivity contribution in [2.75, 3.05) is 12.4 Å². The summed E-state index contributed by atoms with van der Waals surface area (Å²) in [6, 6.07) is 8.92. The molecule has 2 aromatic heterocycles. The molecule has 0 atom stereocenters. The van der Waals surface area contributed by atoms with Crippen molar-refractivity contribution in [3.63, 3.8) is 0 Å². The molecule has 3 aromatic rings. The van der Waals surface area contributed by atoms with Gasteiger partial charge in [-0.05, 0) is 43.6 Å². The lowest BCUT2D eigenvalue weighted by Crippen LogP contribution is -2.19. The first-order valence-electron chi connectivity index (χ1n) is 7.57. The average molecular weight is 377 g/mol. The van der Waals surface area contributed by atoms with Gasteiger partial charge in [-0.1, -0.05) is 12.1 Å². The summed E-state index contributed by atoms with van der Waals surface area (Å²) in [7, 11) is 1.58. The molecule has 6 nitrogen and oxygen atoms in total. The van der Waals surface area contributed by atoms with Gasteiger partial charge in [0.25, 0.3) is 5.91 Å². The van der Waals surface area contributed by atoms with E-state index in [0.717, 1.165) is 9.58 Å². The quantitative estimate of drug-likeness (QED) is 0.604. The number of thiophene rings is 1. The number of carbonyl (C=O) groups excluding carboxylic acids is 1. The van der Waals surface area contributed by atoms with Gasteiger partial charge in [-0.3, -0.25) is 4.79 Å². The van der Waals surface area contributed by atoms with Crippen molar-refractivity contribution in [2.45, 2.75) is 19.4 Å². The Morgan fingerprint density at radius 2 is 2.00 bits per heavy atom. The molecular weight excluding hydrogens is 360 g/mol. The van der Waals surface area contributed by atoms with Crippen molar-refractivity contribution in [1.29, 1.82) is 0 Å². The maximum absolute atomic E-state index is 12.1. The molecule has 0 saturated heterocycles. The van der Waals surface area contributed by atoms with Crippen molar-refractivity contribution in [2.24, 2.45) is 0 Å². The lowest BCUT2D eigenvalue weighted by Gasteiger charge is -2.13. The second kappa shape index (κ2) is 6.59. The Labute approximate surface area is 153 Å². The number of nitrogens with zero attached hydrogens (tertiary/aromatic N) is 2. The Bertz CT molecular complexity index is 949. The van der Waals surface area contributed by atoms with Crippen LogP contribution in [0.25, 0.3) is 10.2 Å². The molecule has 0 aliphatic carbocycles. The smallest absolute Gasteiger partial charge is 0.253 e. The number of aromatic nitrogens is 2. The fourth-order valence-electron chi connectivity index (χ4n) is 2.34. The van der Waals surface area contributed by atoms with Gasteiger partial charge < -0.3 is 15.7 Å². The summed E-state index contributed by atoms with van der Waals surface area (Å²) in [5, 5.41) is 16.1. The minimum Gasteiger partial charge on any atom is -0.385 e. The maximum Gasteiger partial charge on any atom is 0.253 e. The molecule has 25 heavy (non-hydrogen) atoms. The number of carbonyl (C=O) groups is 1. The van der Waals surface area contributed by atoms with E-state index < -0.39 is 5.60 Å². The maximum atomic E-state index is 12.1. The van der Waals surface area contributed by atoms with Gasteiger partial charge in [0.1, 0.15) is 0 Å². The molecule has 1 amide bonds. The lowest BCUT2D eigenvalue weighted by atomic mass is 10.1. The zero-order valence-electron chi connectivity index (χ0n) is 13.9. The van der Waals surface area contributed by atoms with Crippen molar-refractivity contribution in [3.8, 4) is 0 Å². The van der Waals surface area contributed by atoms with E-state index in [9.17, 15) is 9.90 Å². The first-order valence-corrected chi connectivity index (χ1v) is 8.77. The SMILES string of the molecule is CNC(=O)c1ccccc1Nc1nc(Cl)nc2cc(C(C)(C)O)sc12. The van der Waals surface area contributed by atoms with Crippen molar-refractivity contribution >= 4 is 50.6 Å². The standard InChI is InChI=1S/C17H17ClN4O2S/c1-17(2,24)12-8-11-13(25-12)14(22-16(18)21-11)20-10-7-5-4-6-9(10)15(23)19-3/h4-8,24H,1-3H3,(H,19,23)(H,20,21,22). The van der Waals surface area contributed by atoms with Crippen molar-refractivity contribution < 1.29 is 9.90 Å². The Morgan fingerprint density at radius 1 is 1.28 bits per heavy atom. The summed E-state index contributed by atoms with van der Waals surface area (Å²) in [6.45, 7) is 3.42. The van der Waals surface area contributed by atoms with Crippen molar-refractivity contribution in [1.82, 2.24) is 15.3 Å². The first-order chi connectivity index (χ1) is 11.8. The Morgan fingerprint density at radius 3 is 2.68 bits per heavy atom. The minimum atomic E-state index is -0.991. The monoisotopic (exact) mass is 376 g/mol. The van der Waals surface area contributed by atoms with E-state index >= 15 is 0 Å². The second-order valence-electron chi connectivity index (χ2n) is 5.97. The molecule has 130 valence electrons. The van der Waals surface area contributed by atoms with Crippen LogP contribution in [0, 0.1) is 0 Å². The first kappa shape index (κ1) is 17.6. The molecule has 1 aromatic carbocycles. The van der Waals surface area contributed by atoms with E-state index in [4.69, 9.17) is 11.6 Å². The molecule has 0 saturated carbocycles. The van der Waals surface area contributed by atoms with Crippen molar-refractivity contribution in [3.05, 3.63) is 46.1 Å². The largest absolute Gasteiger partial charge is 0.385 e. The zero-order valence-corrected chi connectivity index (χ0v) is 15.5. The number of aliphatic hydroxyl groups is 1. The summed E-state index contributed by atoms with van der Waals surface area (Å²) >= 11 is 7.43. The summed E-state index contributed by atoms with van der Waals surface area (Å²) in [4.78, 5) is 21.3. The Balaban J connectivity index is 2.11. The van der Waals surface area contributed by atoms with Crippen LogP contribution in [0.5, 0.6) is 0 Å². The van der Waals surface area contributed by atoms with Gasteiger partial charge in [-0.2, -0.15) is 4.98 Å². The van der Waals surface area contributed by atoms with Crippen LogP contribution in [0.15, 0.2) is 30.3 Å². The van der Waals surface area contributed by atoms with Gasteiger partial charge in [0.2, 0.25) is 5.28 Å². The van der Waals surface area contributed by atoms with E-state index in [1.54, 1.807) is 45.2 Å². The van der Waals surface area contributed by atoms with E-state index in [1.807, 2.05) is 6.07 Å². The number of hydrogen-bond donors (Lipinski definition) is 3.